The Bertz CT molecular complexity index is 615. The van der Waals surface area contributed by atoms with Crippen molar-refractivity contribution in [1.82, 2.24) is 0 Å². The van der Waals surface area contributed by atoms with Crippen LogP contribution in [0, 0.1) is 13.8 Å². The van der Waals surface area contributed by atoms with Crippen molar-refractivity contribution >= 4 is 11.6 Å². The number of aryl methyl sites for hydroxylation is 2. The molecule has 0 bridgehead atoms. The van der Waals surface area contributed by atoms with E-state index in [1.807, 2.05) is 13.0 Å². The predicted octanol–water partition coefficient (Wildman–Crippen LogP) is 5.64. The highest BCUT2D eigenvalue weighted by Crippen LogP contribution is 2.36. The van der Waals surface area contributed by atoms with Gasteiger partial charge in [-0.3, -0.25) is 0 Å². The van der Waals surface area contributed by atoms with Gasteiger partial charge in [-0.25, -0.2) is 0 Å². The van der Waals surface area contributed by atoms with E-state index in [4.69, 9.17) is 11.6 Å². The van der Waals surface area contributed by atoms with Gasteiger partial charge in [0.1, 0.15) is 0 Å². The molecule has 0 fully saturated rings. The van der Waals surface area contributed by atoms with Crippen LogP contribution in [-0.2, 0) is 6.18 Å². The van der Waals surface area contributed by atoms with E-state index >= 15 is 0 Å². The first-order valence-corrected chi connectivity index (χ1v) is 6.11. The monoisotopic (exact) mass is 284 g/mol. The molecule has 0 aliphatic rings. The van der Waals surface area contributed by atoms with Crippen LogP contribution >= 0.6 is 11.6 Å². The second-order valence-corrected chi connectivity index (χ2v) is 4.92. The van der Waals surface area contributed by atoms with Gasteiger partial charge in [-0.05, 0) is 49.2 Å². The van der Waals surface area contributed by atoms with Crippen molar-refractivity contribution in [3.05, 3.63) is 58.1 Å². The highest BCUT2D eigenvalue weighted by molar-refractivity contribution is 6.33. The Morgan fingerprint density at radius 3 is 2.21 bits per heavy atom. The maximum absolute atomic E-state index is 12.8. The summed E-state index contributed by atoms with van der Waals surface area (Å²) in [4.78, 5) is 0. The number of hydrogen-bond acceptors (Lipinski definition) is 0. The minimum absolute atomic E-state index is 0.452. The Morgan fingerprint density at radius 2 is 1.58 bits per heavy atom. The van der Waals surface area contributed by atoms with Crippen molar-refractivity contribution < 1.29 is 13.2 Å². The molecule has 100 valence electrons. The number of halogens is 4. The summed E-state index contributed by atoms with van der Waals surface area (Å²) in [7, 11) is 0. The number of rotatable bonds is 1. The van der Waals surface area contributed by atoms with E-state index in [9.17, 15) is 13.2 Å². The fourth-order valence-electron chi connectivity index (χ4n) is 1.93. The van der Waals surface area contributed by atoms with E-state index in [0.717, 1.165) is 23.3 Å². The van der Waals surface area contributed by atoms with Gasteiger partial charge >= 0.3 is 6.18 Å². The van der Waals surface area contributed by atoms with Gasteiger partial charge < -0.3 is 0 Å². The summed E-state index contributed by atoms with van der Waals surface area (Å²) in [5.74, 6) is 0. The third-order valence-corrected chi connectivity index (χ3v) is 3.31. The normalized spacial score (nSPS) is 11.7. The van der Waals surface area contributed by atoms with Crippen LogP contribution in [0.15, 0.2) is 36.4 Å². The minimum atomic E-state index is -4.35. The maximum atomic E-state index is 12.8. The van der Waals surface area contributed by atoms with Crippen LogP contribution in [0.4, 0.5) is 13.2 Å². The molecule has 0 spiro atoms. The highest BCUT2D eigenvalue weighted by Gasteiger charge is 2.31. The molecule has 0 saturated carbocycles. The van der Waals surface area contributed by atoms with Gasteiger partial charge in [-0.1, -0.05) is 29.3 Å². The van der Waals surface area contributed by atoms with Crippen LogP contribution in [0.5, 0.6) is 0 Å². The molecule has 2 aromatic carbocycles. The SMILES string of the molecule is Cc1ccc(Cl)c(-c2cc(C(F)(F)F)ccc2C)c1. The van der Waals surface area contributed by atoms with E-state index in [2.05, 4.69) is 0 Å². The zero-order valence-corrected chi connectivity index (χ0v) is 11.2. The smallest absolute Gasteiger partial charge is 0.166 e. The Balaban J connectivity index is 2.64. The van der Waals surface area contributed by atoms with Crippen LogP contribution in [0.2, 0.25) is 5.02 Å². The second-order valence-electron chi connectivity index (χ2n) is 4.51. The minimum Gasteiger partial charge on any atom is -0.166 e. The third-order valence-electron chi connectivity index (χ3n) is 2.98. The molecule has 0 aliphatic carbocycles. The summed E-state index contributed by atoms with van der Waals surface area (Å²) in [6.07, 6.45) is -4.35. The topological polar surface area (TPSA) is 0 Å². The summed E-state index contributed by atoms with van der Waals surface area (Å²) >= 11 is 6.09. The molecule has 0 atom stereocenters. The van der Waals surface area contributed by atoms with Crippen molar-refractivity contribution in [2.24, 2.45) is 0 Å². The van der Waals surface area contributed by atoms with Crippen molar-refractivity contribution in [1.29, 1.82) is 0 Å². The first-order chi connectivity index (χ1) is 8.79. The third kappa shape index (κ3) is 2.92. The van der Waals surface area contributed by atoms with E-state index in [1.165, 1.54) is 6.07 Å². The quantitative estimate of drug-likeness (QED) is 0.635. The molecule has 0 aliphatic heterocycles. The Hall–Kier alpha value is -1.48. The fraction of sp³-hybridized carbons (Fsp3) is 0.200. The highest BCUT2D eigenvalue weighted by atomic mass is 35.5. The zero-order valence-electron chi connectivity index (χ0n) is 10.5. The van der Waals surface area contributed by atoms with Gasteiger partial charge in [0.15, 0.2) is 0 Å². The van der Waals surface area contributed by atoms with Gasteiger partial charge in [0.05, 0.1) is 5.56 Å². The molecule has 0 unspecified atom stereocenters. The number of alkyl halides is 3. The molecule has 0 radical (unpaired) electrons. The summed E-state index contributed by atoms with van der Waals surface area (Å²) in [6, 6.07) is 9.03. The lowest BCUT2D eigenvalue weighted by atomic mass is 9.96. The van der Waals surface area contributed by atoms with Crippen molar-refractivity contribution in [2.75, 3.05) is 0 Å². The lowest BCUT2D eigenvalue weighted by molar-refractivity contribution is -0.137. The van der Waals surface area contributed by atoms with Gasteiger partial charge in [-0.2, -0.15) is 13.2 Å². The van der Waals surface area contributed by atoms with E-state index < -0.39 is 11.7 Å². The molecule has 0 aromatic heterocycles. The van der Waals surface area contributed by atoms with Crippen molar-refractivity contribution in [3.63, 3.8) is 0 Å². The summed E-state index contributed by atoms with van der Waals surface area (Å²) in [5, 5.41) is 0.452. The average Bonchev–Trinajstić information content (AvgIpc) is 2.32. The van der Waals surface area contributed by atoms with Gasteiger partial charge in [0, 0.05) is 10.6 Å². The molecule has 0 nitrogen and oxygen atoms in total. The standard InChI is InChI=1S/C15H12ClF3/c1-9-3-6-14(16)13(7-9)12-8-11(15(17,18)19)5-4-10(12)2/h3-8H,1-2H3. The molecular formula is C15H12ClF3. The van der Waals surface area contributed by atoms with Crippen molar-refractivity contribution in [2.45, 2.75) is 20.0 Å². The van der Waals surface area contributed by atoms with Crippen LogP contribution < -0.4 is 0 Å². The summed E-state index contributed by atoms with van der Waals surface area (Å²) in [6.45, 7) is 3.65. The first kappa shape index (κ1) is 13.9. The van der Waals surface area contributed by atoms with Crippen LogP contribution in [0.3, 0.4) is 0 Å². The van der Waals surface area contributed by atoms with Gasteiger partial charge in [0.25, 0.3) is 0 Å². The van der Waals surface area contributed by atoms with Crippen LogP contribution in [0.1, 0.15) is 16.7 Å². The Kier molecular flexibility index (Phi) is 3.59. The first-order valence-electron chi connectivity index (χ1n) is 5.73. The maximum Gasteiger partial charge on any atom is 0.416 e. The average molecular weight is 285 g/mol. The molecule has 19 heavy (non-hydrogen) atoms. The molecule has 2 aromatic rings. The molecule has 2 rings (SSSR count). The molecule has 0 N–H and O–H groups in total. The number of benzene rings is 2. The Morgan fingerprint density at radius 1 is 0.895 bits per heavy atom. The van der Waals surface area contributed by atoms with E-state index in [1.54, 1.807) is 19.1 Å². The van der Waals surface area contributed by atoms with E-state index in [0.29, 0.717) is 16.1 Å². The lowest BCUT2D eigenvalue weighted by Gasteiger charge is -2.13. The largest absolute Gasteiger partial charge is 0.416 e. The van der Waals surface area contributed by atoms with Crippen molar-refractivity contribution in [3.8, 4) is 11.1 Å². The number of hydrogen-bond donors (Lipinski definition) is 0. The van der Waals surface area contributed by atoms with E-state index in [-0.39, 0.29) is 0 Å². The fourth-order valence-corrected chi connectivity index (χ4v) is 2.15. The molecule has 0 heterocycles. The predicted molar refractivity (Wildman–Crippen MR) is 71.4 cm³/mol. The second kappa shape index (κ2) is 4.89. The summed E-state index contributed by atoms with van der Waals surface area (Å²) < 4.78 is 38.3. The van der Waals surface area contributed by atoms with Crippen LogP contribution in [-0.4, -0.2) is 0 Å². The molecule has 0 saturated heterocycles. The van der Waals surface area contributed by atoms with Crippen LogP contribution in [0.25, 0.3) is 11.1 Å². The molecule has 4 heteroatoms. The lowest BCUT2D eigenvalue weighted by Crippen LogP contribution is -2.05. The zero-order chi connectivity index (χ0) is 14.2. The Labute approximate surface area is 114 Å². The van der Waals surface area contributed by atoms with Gasteiger partial charge in [0.2, 0.25) is 0 Å². The van der Waals surface area contributed by atoms with Gasteiger partial charge in [-0.15, -0.1) is 0 Å². The molecule has 0 amide bonds. The molecular weight excluding hydrogens is 273 g/mol. The summed E-state index contributed by atoms with van der Waals surface area (Å²) in [5.41, 5.74) is 2.20.